The molecule has 0 bridgehead atoms. The molecule has 1 N–H and O–H groups in total. The quantitative estimate of drug-likeness (QED) is 0.854. The SMILES string of the molecule is Cc1cc(C(=O)N2CCC3(CCN(C)C3)CC2)c(O)cn1. The summed E-state index contributed by atoms with van der Waals surface area (Å²) in [7, 11) is 2.17. The normalized spacial score (nSPS) is 21.9. The Morgan fingerprint density at radius 2 is 1.95 bits per heavy atom. The van der Waals surface area contributed by atoms with Crippen molar-refractivity contribution in [1.82, 2.24) is 14.8 Å². The van der Waals surface area contributed by atoms with Crippen LogP contribution >= 0.6 is 0 Å². The van der Waals surface area contributed by atoms with Crippen molar-refractivity contribution < 1.29 is 9.90 Å². The van der Waals surface area contributed by atoms with E-state index in [-0.39, 0.29) is 11.7 Å². The molecule has 2 saturated heterocycles. The second-order valence-electron chi connectivity index (χ2n) is 6.62. The van der Waals surface area contributed by atoms with Gasteiger partial charge in [-0.3, -0.25) is 9.78 Å². The van der Waals surface area contributed by atoms with E-state index in [0.29, 0.717) is 11.0 Å². The number of carbonyl (C=O) groups excluding carboxylic acids is 1. The van der Waals surface area contributed by atoms with Gasteiger partial charge in [0.15, 0.2) is 0 Å². The zero-order valence-corrected chi connectivity index (χ0v) is 12.8. The van der Waals surface area contributed by atoms with E-state index in [4.69, 9.17) is 0 Å². The molecule has 0 atom stereocenters. The van der Waals surface area contributed by atoms with E-state index in [0.717, 1.165) is 44.7 Å². The van der Waals surface area contributed by atoms with E-state index >= 15 is 0 Å². The van der Waals surface area contributed by atoms with Gasteiger partial charge in [-0.15, -0.1) is 0 Å². The first kappa shape index (κ1) is 14.3. The third-order valence-electron chi connectivity index (χ3n) is 4.99. The molecule has 1 aromatic heterocycles. The smallest absolute Gasteiger partial charge is 0.257 e. The molecule has 2 aliphatic rings. The molecule has 5 nitrogen and oxygen atoms in total. The van der Waals surface area contributed by atoms with Crippen LogP contribution in [0.15, 0.2) is 12.3 Å². The van der Waals surface area contributed by atoms with Crippen LogP contribution in [-0.4, -0.2) is 59.0 Å². The van der Waals surface area contributed by atoms with Crippen LogP contribution in [0.4, 0.5) is 0 Å². The maximum Gasteiger partial charge on any atom is 0.257 e. The van der Waals surface area contributed by atoms with Crippen molar-refractivity contribution in [3.63, 3.8) is 0 Å². The van der Waals surface area contributed by atoms with Gasteiger partial charge in [-0.25, -0.2) is 0 Å². The summed E-state index contributed by atoms with van der Waals surface area (Å²) in [6.07, 6.45) is 4.73. The molecule has 3 rings (SSSR count). The average molecular weight is 289 g/mol. The van der Waals surface area contributed by atoms with Crippen LogP contribution < -0.4 is 0 Å². The van der Waals surface area contributed by atoms with Crippen molar-refractivity contribution in [1.29, 1.82) is 0 Å². The molecule has 0 radical (unpaired) electrons. The lowest BCUT2D eigenvalue weighted by Gasteiger charge is -2.39. The van der Waals surface area contributed by atoms with Crippen LogP contribution in [0.25, 0.3) is 0 Å². The minimum atomic E-state index is -0.0702. The largest absolute Gasteiger partial charge is 0.505 e. The predicted octanol–water partition coefficient (Wildman–Crippen LogP) is 1.65. The third kappa shape index (κ3) is 2.75. The zero-order chi connectivity index (χ0) is 15.0. The number of aromatic hydroxyl groups is 1. The minimum absolute atomic E-state index is 0.0218. The first-order valence-electron chi connectivity index (χ1n) is 7.63. The number of amides is 1. The van der Waals surface area contributed by atoms with Gasteiger partial charge in [0.2, 0.25) is 0 Å². The highest BCUT2D eigenvalue weighted by Crippen LogP contribution is 2.40. The number of aryl methyl sites for hydroxylation is 1. The summed E-state index contributed by atoms with van der Waals surface area (Å²) in [6.45, 7) is 5.71. The summed E-state index contributed by atoms with van der Waals surface area (Å²) in [5, 5.41) is 9.86. The van der Waals surface area contributed by atoms with Crippen LogP contribution in [0.2, 0.25) is 0 Å². The molecule has 0 saturated carbocycles. The molecular formula is C16H23N3O2. The molecule has 0 aliphatic carbocycles. The van der Waals surface area contributed by atoms with E-state index in [9.17, 15) is 9.90 Å². The fraction of sp³-hybridized carbons (Fsp3) is 0.625. The molecule has 0 aromatic carbocycles. The highest BCUT2D eigenvalue weighted by Gasteiger charge is 2.40. The Morgan fingerprint density at radius 3 is 2.57 bits per heavy atom. The molecule has 1 aromatic rings. The van der Waals surface area contributed by atoms with Crippen LogP contribution in [0, 0.1) is 12.3 Å². The molecule has 1 amide bonds. The maximum atomic E-state index is 12.6. The lowest BCUT2D eigenvalue weighted by atomic mass is 9.77. The van der Waals surface area contributed by atoms with Gasteiger partial charge in [0.25, 0.3) is 5.91 Å². The van der Waals surface area contributed by atoms with E-state index < -0.39 is 0 Å². The summed E-state index contributed by atoms with van der Waals surface area (Å²) >= 11 is 0. The number of carbonyl (C=O) groups is 1. The number of nitrogens with zero attached hydrogens (tertiary/aromatic N) is 3. The van der Waals surface area contributed by atoms with E-state index in [2.05, 4.69) is 16.9 Å². The van der Waals surface area contributed by atoms with E-state index in [1.54, 1.807) is 6.07 Å². The Kier molecular flexibility index (Phi) is 3.61. The number of pyridine rings is 1. The standard InChI is InChI=1S/C16H23N3O2/c1-12-9-13(14(20)10-17-12)15(21)19-7-4-16(5-8-19)3-6-18(2)11-16/h9-10,20H,3-8,11H2,1-2H3. The first-order chi connectivity index (χ1) is 9.99. The highest BCUT2D eigenvalue weighted by atomic mass is 16.3. The average Bonchev–Trinajstić information content (AvgIpc) is 2.83. The summed E-state index contributed by atoms with van der Waals surface area (Å²) in [5.74, 6) is -0.0920. The lowest BCUT2D eigenvalue weighted by Crippen LogP contribution is -2.44. The van der Waals surface area contributed by atoms with Crippen LogP contribution in [-0.2, 0) is 0 Å². The summed E-state index contributed by atoms with van der Waals surface area (Å²) in [5.41, 5.74) is 1.53. The van der Waals surface area contributed by atoms with Crippen molar-refractivity contribution in [2.45, 2.75) is 26.2 Å². The van der Waals surface area contributed by atoms with Crippen molar-refractivity contribution in [2.24, 2.45) is 5.41 Å². The number of rotatable bonds is 1. The summed E-state index contributed by atoms with van der Waals surface area (Å²) in [4.78, 5) is 20.8. The molecule has 114 valence electrons. The van der Waals surface area contributed by atoms with Crippen LogP contribution in [0.3, 0.4) is 0 Å². The van der Waals surface area contributed by atoms with Gasteiger partial charge >= 0.3 is 0 Å². The first-order valence-corrected chi connectivity index (χ1v) is 7.63. The second kappa shape index (κ2) is 5.30. The Morgan fingerprint density at radius 1 is 1.29 bits per heavy atom. The minimum Gasteiger partial charge on any atom is -0.505 e. The molecule has 1 spiro atoms. The van der Waals surface area contributed by atoms with Gasteiger partial charge in [0, 0.05) is 25.3 Å². The zero-order valence-electron chi connectivity index (χ0n) is 12.8. The van der Waals surface area contributed by atoms with Gasteiger partial charge < -0.3 is 14.9 Å². The Bertz CT molecular complexity index is 550. The van der Waals surface area contributed by atoms with Gasteiger partial charge in [-0.2, -0.15) is 0 Å². The van der Waals surface area contributed by atoms with Crippen LogP contribution in [0.1, 0.15) is 35.3 Å². The van der Waals surface area contributed by atoms with Gasteiger partial charge in [0.1, 0.15) is 5.75 Å². The number of hydrogen-bond donors (Lipinski definition) is 1. The molecule has 0 unspecified atom stereocenters. The van der Waals surface area contributed by atoms with E-state index in [1.807, 2.05) is 11.8 Å². The van der Waals surface area contributed by atoms with Crippen molar-refractivity contribution in [2.75, 3.05) is 33.2 Å². The Labute approximate surface area is 125 Å². The number of aromatic nitrogens is 1. The molecule has 21 heavy (non-hydrogen) atoms. The maximum absolute atomic E-state index is 12.6. The molecule has 2 aliphatic heterocycles. The lowest BCUT2D eigenvalue weighted by molar-refractivity contribution is 0.0591. The predicted molar refractivity (Wildman–Crippen MR) is 80.3 cm³/mol. The number of likely N-dealkylation sites (tertiary alicyclic amines) is 2. The van der Waals surface area contributed by atoms with Gasteiger partial charge in [-0.05, 0) is 51.3 Å². The van der Waals surface area contributed by atoms with Crippen LogP contribution in [0.5, 0.6) is 5.75 Å². The fourth-order valence-electron chi connectivity index (χ4n) is 3.65. The molecule has 3 heterocycles. The molecule has 2 fully saturated rings. The van der Waals surface area contributed by atoms with Crippen molar-refractivity contribution in [3.05, 3.63) is 23.5 Å². The highest BCUT2D eigenvalue weighted by molar-refractivity contribution is 5.96. The Hall–Kier alpha value is -1.62. The topological polar surface area (TPSA) is 56.7 Å². The van der Waals surface area contributed by atoms with Gasteiger partial charge in [-0.1, -0.05) is 0 Å². The van der Waals surface area contributed by atoms with Gasteiger partial charge in [0.05, 0.1) is 11.8 Å². The molecule has 5 heteroatoms. The monoisotopic (exact) mass is 289 g/mol. The summed E-state index contributed by atoms with van der Waals surface area (Å²) in [6, 6.07) is 1.67. The third-order valence-corrected chi connectivity index (χ3v) is 4.99. The van der Waals surface area contributed by atoms with Crippen molar-refractivity contribution in [3.8, 4) is 5.75 Å². The number of hydrogen-bond acceptors (Lipinski definition) is 4. The fourth-order valence-corrected chi connectivity index (χ4v) is 3.65. The Balaban J connectivity index is 1.69. The van der Waals surface area contributed by atoms with E-state index in [1.165, 1.54) is 12.6 Å². The van der Waals surface area contributed by atoms with Crippen molar-refractivity contribution >= 4 is 5.91 Å². The number of piperidine rings is 1. The second-order valence-corrected chi connectivity index (χ2v) is 6.62. The summed E-state index contributed by atoms with van der Waals surface area (Å²) < 4.78 is 0. The molecular weight excluding hydrogens is 266 g/mol.